The number of thiazole rings is 1. The number of anilines is 3. The summed E-state index contributed by atoms with van der Waals surface area (Å²) in [6, 6.07) is 17.3. The Morgan fingerprint density at radius 1 is 0.640 bits per heavy atom. The van der Waals surface area contributed by atoms with E-state index in [2.05, 4.69) is 50.4 Å². The molecule has 10 atom stereocenters. The van der Waals surface area contributed by atoms with Crippen LogP contribution in [0.4, 0.5) is 21.4 Å². The third kappa shape index (κ3) is 33.0. The van der Waals surface area contributed by atoms with Gasteiger partial charge in [-0.1, -0.05) is 74.6 Å². The molecule has 3 aromatic carbocycles. The number of nitrogens with zero attached hydrogens (tertiary/aromatic N) is 10. The van der Waals surface area contributed by atoms with E-state index >= 15 is 0 Å². The van der Waals surface area contributed by atoms with Crippen molar-refractivity contribution in [1.29, 1.82) is 0 Å². The molecule has 4 aliphatic carbocycles. The summed E-state index contributed by atoms with van der Waals surface area (Å²) in [5, 5.41) is 78.0. The maximum Gasteiger partial charge on any atom is 0.410 e. The summed E-state index contributed by atoms with van der Waals surface area (Å²) in [6.45, 7) is 20.5. The number of aryl methyl sites for hydroxylation is 1. The summed E-state index contributed by atoms with van der Waals surface area (Å²) in [5.74, 6) is -8.01. The van der Waals surface area contributed by atoms with Crippen LogP contribution in [0.15, 0.2) is 97.3 Å². The van der Waals surface area contributed by atoms with Crippen molar-refractivity contribution in [3.05, 3.63) is 142 Å². The highest BCUT2D eigenvalue weighted by molar-refractivity contribution is 7.85. The van der Waals surface area contributed by atoms with E-state index in [1.807, 2.05) is 52.9 Å². The number of ether oxygens (including phenoxy) is 15. The number of carboxylic acids is 2. The van der Waals surface area contributed by atoms with Gasteiger partial charge in [0.05, 0.1) is 218 Å². The van der Waals surface area contributed by atoms with Crippen molar-refractivity contribution in [2.45, 2.75) is 186 Å². The molecule has 46 nitrogen and oxygen atoms in total. The van der Waals surface area contributed by atoms with Crippen molar-refractivity contribution in [3.8, 4) is 11.1 Å². The Kier molecular flexibility index (Phi) is 43.0. The number of aliphatic carboxylic acids is 1. The van der Waals surface area contributed by atoms with Crippen LogP contribution in [0, 0.1) is 29.1 Å². The lowest BCUT2D eigenvalue weighted by Gasteiger charge is -2.69. The van der Waals surface area contributed by atoms with Crippen LogP contribution >= 0.6 is 11.3 Å². The summed E-state index contributed by atoms with van der Waals surface area (Å²) in [6.07, 6.45) is -0.720. The number of para-hydroxylation sites is 1. The molecule has 2 unspecified atom stereocenters. The molecule has 1 saturated heterocycles. The van der Waals surface area contributed by atoms with E-state index in [-0.39, 0.29) is 97.1 Å². The van der Waals surface area contributed by atoms with Gasteiger partial charge >= 0.3 is 18.0 Å². The van der Waals surface area contributed by atoms with Crippen LogP contribution in [0.25, 0.3) is 21.3 Å². The van der Waals surface area contributed by atoms with Crippen LogP contribution in [0.2, 0.25) is 0 Å². The number of nitrogens with one attached hydrogen (secondary N) is 4. The van der Waals surface area contributed by atoms with E-state index in [4.69, 9.17) is 81.1 Å². The van der Waals surface area contributed by atoms with Gasteiger partial charge in [-0.3, -0.25) is 48.2 Å². The number of aliphatic hydroxyl groups excluding tert-OH is 3. The lowest BCUT2D eigenvalue weighted by Crippen LogP contribution is -2.64. The lowest BCUT2D eigenvalue weighted by atomic mass is 9.39. The van der Waals surface area contributed by atoms with E-state index in [0.29, 0.717) is 211 Å². The van der Waals surface area contributed by atoms with Crippen molar-refractivity contribution >= 4 is 102 Å². The van der Waals surface area contributed by atoms with Crippen LogP contribution in [0.1, 0.15) is 147 Å². The molecule has 48 heteroatoms. The zero-order valence-corrected chi connectivity index (χ0v) is 87.4. The van der Waals surface area contributed by atoms with Gasteiger partial charge in [0.25, 0.3) is 27.8 Å². The number of carboxylic acid groups (broad SMARTS) is 2. The first-order chi connectivity index (χ1) is 72.0. The number of rotatable bonds is 66. The zero-order valence-electron chi connectivity index (χ0n) is 85.7. The van der Waals surface area contributed by atoms with Crippen LogP contribution < -0.4 is 26.2 Å². The molecule has 7 aromatic rings. The van der Waals surface area contributed by atoms with Crippen LogP contribution in [-0.4, -0.2) is 376 Å². The number of amides is 7. The normalized spacial score (nSPS) is 21.5. The Hall–Kier alpha value is -10.9. The fourth-order valence-electron chi connectivity index (χ4n) is 21.1. The minimum atomic E-state index is -4.67. The van der Waals surface area contributed by atoms with Crippen LogP contribution in [0.3, 0.4) is 0 Å². The number of methoxy groups -OCH3 is 1. The highest BCUT2D eigenvalue weighted by Crippen LogP contribution is 2.72. The van der Waals surface area contributed by atoms with Gasteiger partial charge in [0.1, 0.15) is 48.5 Å². The Balaban J connectivity index is 0.558. The Morgan fingerprint density at radius 2 is 1.24 bits per heavy atom. The fraction of sp³-hybridized carbons (Fsp3) is 0.608. The van der Waals surface area contributed by atoms with Crippen molar-refractivity contribution in [2.24, 2.45) is 22.2 Å². The summed E-state index contributed by atoms with van der Waals surface area (Å²) >= 11 is 1.38. The average Bonchev–Trinajstić information content (AvgIpc) is 0.950. The minimum absolute atomic E-state index is 0.0784. The van der Waals surface area contributed by atoms with Gasteiger partial charge < -0.3 is 122 Å². The van der Waals surface area contributed by atoms with Crippen molar-refractivity contribution < 1.29 is 153 Å². The molecular weight excluding hydrogens is 2000 g/mol. The molecule has 0 spiro atoms. The topological polar surface area (TPSA) is 580 Å². The van der Waals surface area contributed by atoms with E-state index in [9.17, 15) is 81.7 Å². The number of aromatic nitrogens is 7. The number of carbonyl (C=O) groups is 9. The molecule has 822 valence electrons. The molecule has 150 heavy (non-hydrogen) atoms. The largest absolute Gasteiger partial charge is 0.479 e. The quantitative estimate of drug-likeness (QED) is 0.0119. The highest BCUT2D eigenvalue weighted by Gasteiger charge is 2.66. The van der Waals surface area contributed by atoms with E-state index in [1.54, 1.807) is 45.4 Å². The first kappa shape index (κ1) is 116. The number of hydrogen-bond donors (Lipinski definition) is 10. The summed E-state index contributed by atoms with van der Waals surface area (Å²) in [5.41, 5.74) is 3.81. The molecule has 5 fully saturated rings. The number of aromatic carboxylic acids is 1. The van der Waals surface area contributed by atoms with Crippen molar-refractivity contribution in [2.75, 3.05) is 207 Å². The number of aliphatic hydroxyl groups is 3. The standard InChI is InChI=1S/C102H140N14O32S2/c1-66(2)86(108-83(117)54-79(116-84(118)21-22-85(116)119)78-57-114(111-110-78)26-28-135-32-33-137-36-37-139-40-41-141-44-45-143-48-49-145-51-50-144-47-46-142-43-42-140-39-38-138-35-34-136-31-30-134-7)94(125)104-67(3)92(123)105-72-17-15-71(70(53-72)16-19-80-88(120)89(121)90(122)91(148-80)96(128)129)58-146-98(130)112(27-52-150(131,132)133)25-29-147-102-62-99(5)59-100(6,63-102)61-101(60-99,64-102)65-115-68(4)75(55-103-115)73-18-20-82(107-87(73)95(126)127)113-24-23-69-11-10-12-74(76(69)56-113)93(124)109-97-106-77-13-8-9-14-81(77)149-97/h8-15,17-18,20-22,53,55,57,66-67,79-80,86,88-91,120-122H,16,19,23-52,54,56,58-65H2,1-7H3,(H,104,125)(H,105,123)(H,108,117)(H,126,127)(H,128,129)(H,106,109,124)(H,131,132,133)/t67-,79-,80-,86-,88-,89+,90-,91-,99?,100?,101?,102?/m0/s1. The maximum atomic E-state index is 14.5. The molecule has 4 saturated carbocycles. The van der Waals surface area contributed by atoms with Crippen molar-refractivity contribution in [1.82, 2.24) is 55.2 Å². The summed E-state index contributed by atoms with van der Waals surface area (Å²) in [7, 11) is -3.05. The molecule has 0 radical (unpaired) electrons. The molecule has 3 aliphatic heterocycles. The molecule has 10 N–H and O–H groups in total. The van der Waals surface area contributed by atoms with Gasteiger partial charge in [0.2, 0.25) is 17.7 Å². The number of imide groups is 1. The second-order valence-corrected chi connectivity index (χ2v) is 42.0. The maximum absolute atomic E-state index is 14.5. The van der Waals surface area contributed by atoms with E-state index in [1.165, 1.54) is 47.3 Å². The fourth-order valence-corrected chi connectivity index (χ4v) is 22.4. The van der Waals surface area contributed by atoms with Crippen molar-refractivity contribution in [3.63, 3.8) is 0 Å². The molecule has 14 rings (SSSR count). The number of carbonyl (C=O) groups excluding carboxylic acids is 7. The Labute approximate surface area is 873 Å². The molecule has 7 heterocycles. The molecule has 4 bridgehead atoms. The smallest absolute Gasteiger partial charge is 0.410 e. The monoisotopic (exact) mass is 2140 g/mol. The highest BCUT2D eigenvalue weighted by atomic mass is 32.2. The molecule has 7 amide bonds. The SMILES string of the molecule is COCCOCCOCCOCCOCCOCCOCCOCCOCCOCCOCCOCCn1cc([C@H](CC(=O)N[C@H](C(=O)N[C@@H](C)C(=O)Nc2ccc(COC(=O)N(CCOC34CC5(C)CC(C)(CC(Cn6ncc(-c7ccc(N8CCc9cccc(C(=O)Nc%10nc%11ccccc%11s%10)c9C8)nc7C(=O)O)c6C)(C5)C3)C4)CCS(=O)(=O)O)c(CC[C@@H]3O[C@H](C(=O)O)[C@@H](O)[C@H](O)[C@H]3O)c2)C(C)C)N2C(=O)C=CC2=O)nn1. The minimum Gasteiger partial charge on any atom is -0.479 e. The third-order valence-electron chi connectivity index (χ3n) is 27.2. The zero-order chi connectivity index (χ0) is 107. The predicted octanol–water partition coefficient (Wildman–Crippen LogP) is 5.97. The van der Waals surface area contributed by atoms with E-state index < -0.39 is 143 Å². The van der Waals surface area contributed by atoms with Gasteiger partial charge in [0, 0.05) is 80.1 Å². The number of benzene rings is 3. The van der Waals surface area contributed by atoms with Crippen LogP contribution in [-0.2, 0) is 149 Å². The molecular formula is C102H140N14O32S2. The van der Waals surface area contributed by atoms with Gasteiger partial charge in [-0.15, -0.1) is 5.10 Å². The van der Waals surface area contributed by atoms with Gasteiger partial charge in [-0.2, -0.15) is 13.5 Å². The second-order valence-electron chi connectivity index (χ2n) is 39.4. The predicted molar refractivity (Wildman–Crippen MR) is 540 cm³/mol. The van der Waals surface area contributed by atoms with E-state index in [0.717, 1.165) is 68.3 Å². The number of fused-ring (bicyclic) bond motifs is 2. The number of hydrogen-bond acceptors (Lipinski definition) is 36. The number of pyridine rings is 1. The first-order valence-electron chi connectivity index (χ1n) is 50.6. The Bertz CT molecular complexity index is 5780. The third-order valence-corrected chi connectivity index (χ3v) is 28.8. The second kappa shape index (κ2) is 55.6. The molecule has 7 aliphatic rings. The Morgan fingerprint density at radius 3 is 1.82 bits per heavy atom. The molecule has 4 aromatic heterocycles. The first-order valence-corrected chi connectivity index (χ1v) is 53.0. The van der Waals surface area contributed by atoms with Gasteiger partial charge in [0.15, 0.2) is 16.9 Å². The average molecular weight is 2140 g/mol. The van der Waals surface area contributed by atoms with Gasteiger partial charge in [-0.05, 0) is 159 Å². The lowest BCUT2D eigenvalue weighted by molar-refractivity contribution is -0.248. The van der Waals surface area contributed by atoms with Crippen LogP contribution in [0.5, 0.6) is 0 Å². The summed E-state index contributed by atoms with van der Waals surface area (Å²) in [4.78, 5) is 136. The van der Waals surface area contributed by atoms with Gasteiger partial charge in [-0.25, -0.2) is 29.0 Å². The summed E-state index contributed by atoms with van der Waals surface area (Å²) < 4.78 is 124.